The summed E-state index contributed by atoms with van der Waals surface area (Å²) in [5, 5.41) is 4.51. The number of para-hydroxylation sites is 1. The molecular formula is C15H18N2O2. The maximum absolute atomic E-state index is 11.2. The number of carbonyl (C=O) groups excluding carboxylic acids is 1. The Hall–Kier alpha value is -2.10. The lowest BCUT2D eigenvalue weighted by Gasteiger charge is -2.06. The third-order valence-corrected chi connectivity index (χ3v) is 2.83. The molecule has 0 unspecified atom stereocenters. The van der Waals surface area contributed by atoms with Crippen molar-refractivity contribution in [2.75, 3.05) is 7.11 Å². The van der Waals surface area contributed by atoms with Crippen molar-refractivity contribution in [1.82, 2.24) is 9.78 Å². The number of nitrogens with zero attached hydrogens (tertiary/aromatic N) is 2. The van der Waals surface area contributed by atoms with Crippen molar-refractivity contribution in [2.24, 2.45) is 5.92 Å². The Bertz CT molecular complexity index is 573. The van der Waals surface area contributed by atoms with E-state index in [0.29, 0.717) is 17.2 Å². The number of methoxy groups -OCH3 is 1. The SMILES string of the molecule is COc1ccccc1-c1nn(CC(C)C)cc1C=O. The summed E-state index contributed by atoms with van der Waals surface area (Å²) in [5.41, 5.74) is 2.10. The molecule has 0 aliphatic carbocycles. The zero-order valence-electron chi connectivity index (χ0n) is 11.5. The number of hydrogen-bond donors (Lipinski definition) is 0. The van der Waals surface area contributed by atoms with Gasteiger partial charge in [-0.1, -0.05) is 26.0 Å². The lowest BCUT2D eigenvalue weighted by Crippen LogP contribution is -2.04. The summed E-state index contributed by atoms with van der Waals surface area (Å²) in [6, 6.07) is 7.58. The van der Waals surface area contributed by atoms with E-state index in [4.69, 9.17) is 4.74 Å². The highest BCUT2D eigenvalue weighted by molar-refractivity contribution is 5.87. The summed E-state index contributed by atoms with van der Waals surface area (Å²) in [5.74, 6) is 1.20. The molecule has 1 aromatic carbocycles. The Morgan fingerprint density at radius 1 is 1.37 bits per heavy atom. The van der Waals surface area contributed by atoms with E-state index in [2.05, 4.69) is 18.9 Å². The van der Waals surface area contributed by atoms with Crippen LogP contribution in [0.3, 0.4) is 0 Å². The summed E-state index contributed by atoms with van der Waals surface area (Å²) in [7, 11) is 1.62. The van der Waals surface area contributed by atoms with Crippen LogP contribution in [0, 0.1) is 5.92 Å². The minimum absolute atomic E-state index is 0.477. The molecule has 0 bridgehead atoms. The number of benzene rings is 1. The first-order valence-corrected chi connectivity index (χ1v) is 6.31. The van der Waals surface area contributed by atoms with E-state index in [0.717, 1.165) is 24.1 Å². The molecule has 0 spiro atoms. The fourth-order valence-electron chi connectivity index (χ4n) is 2.04. The zero-order chi connectivity index (χ0) is 13.8. The Labute approximate surface area is 113 Å². The Balaban J connectivity index is 2.48. The second kappa shape index (κ2) is 5.69. The Morgan fingerprint density at radius 2 is 2.11 bits per heavy atom. The van der Waals surface area contributed by atoms with Crippen LogP contribution in [0.4, 0.5) is 0 Å². The molecule has 1 heterocycles. The highest BCUT2D eigenvalue weighted by Gasteiger charge is 2.14. The fourth-order valence-corrected chi connectivity index (χ4v) is 2.04. The highest BCUT2D eigenvalue weighted by Crippen LogP contribution is 2.30. The molecule has 0 fully saturated rings. The third-order valence-electron chi connectivity index (χ3n) is 2.83. The molecule has 2 rings (SSSR count). The van der Waals surface area contributed by atoms with Crippen molar-refractivity contribution in [3.63, 3.8) is 0 Å². The summed E-state index contributed by atoms with van der Waals surface area (Å²) in [6.07, 6.45) is 2.63. The van der Waals surface area contributed by atoms with Gasteiger partial charge in [0.25, 0.3) is 0 Å². The van der Waals surface area contributed by atoms with Gasteiger partial charge < -0.3 is 4.74 Å². The van der Waals surface area contributed by atoms with Gasteiger partial charge in [0.05, 0.1) is 12.7 Å². The number of ether oxygens (including phenoxy) is 1. The lowest BCUT2D eigenvalue weighted by atomic mass is 10.1. The van der Waals surface area contributed by atoms with Gasteiger partial charge in [0.15, 0.2) is 6.29 Å². The van der Waals surface area contributed by atoms with Gasteiger partial charge in [-0.25, -0.2) is 0 Å². The second-order valence-electron chi connectivity index (χ2n) is 4.87. The average molecular weight is 258 g/mol. The van der Waals surface area contributed by atoms with Crippen LogP contribution in [0.2, 0.25) is 0 Å². The van der Waals surface area contributed by atoms with Crippen molar-refractivity contribution >= 4 is 6.29 Å². The standard InChI is InChI=1S/C15H18N2O2/c1-11(2)8-17-9-12(10-18)15(16-17)13-6-4-5-7-14(13)19-3/h4-7,9-11H,8H2,1-3H3. The lowest BCUT2D eigenvalue weighted by molar-refractivity contribution is 0.112. The minimum Gasteiger partial charge on any atom is -0.496 e. The van der Waals surface area contributed by atoms with Crippen LogP contribution < -0.4 is 4.74 Å². The van der Waals surface area contributed by atoms with Crippen molar-refractivity contribution in [3.8, 4) is 17.0 Å². The highest BCUT2D eigenvalue weighted by atomic mass is 16.5. The third kappa shape index (κ3) is 2.84. The van der Waals surface area contributed by atoms with Crippen LogP contribution >= 0.6 is 0 Å². The maximum atomic E-state index is 11.2. The molecule has 19 heavy (non-hydrogen) atoms. The molecule has 4 heteroatoms. The molecule has 0 aliphatic heterocycles. The van der Waals surface area contributed by atoms with E-state index >= 15 is 0 Å². The van der Waals surface area contributed by atoms with Crippen molar-refractivity contribution in [3.05, 3.63) is 36.0 Å². The molecule has 0 saturated carbocycles. The molecule has 100 valence electrons. The van der Waals surface area contributed by atoms with E-state index < -0.39 is 0 Å². The van der Waals surface area contributed by atoms with Gasteiger partial charge in [-0.15, -0.1) is 0 Å². The number of aromatic nitrogens is 2. The topological polar surface area (TPSA) is 44.1 Å². The second-order valence-corrected chi connectivity index (χ2v) is 4.87. The predicted molar refractivity (Wildman–Crippen MR) is 74.4 cm³/mol. The monoisotopic (exact) mass is 258 g/mol. The van der Waals surface area contributed by atoms with Gasteiger partial charge in [-0.2, -0.15) is 5.10 Å². The van der Waals surface area contributed by atoms with E-state index in [1.165, 1.54) is 0 Å². The first kappa shape index (κ1) is 13.3. The molecule has 0 saturated heterocycles. The summed E-state index contributed by atoms with van der Waals surface area (Å²) in [4.78, 5) is 11.2. The van der Waals surface area contributed by atoms with Gasteiger partial charge in [0.1, 0.15) is 11.4 Å². The molecule has 2 aromatic rings. The number of aldehydes is 1. The molecule has 0 radical (unpaired) electrons. The molecule has 1 aromatic heterocycles. The van der Waals surface area contributed by atoms with Gasteiger partial charge in [-0.3, -0.25) is 9.48 Å². The number of rotatable bonds is 5. The molecular weight excluding hydrogens is 240 g/mol. The fraction of sp³-hybridized carbons (Fsp3) is 0.333. The number of hydrogen-bond acceptors (Lipinski definition) is 3. The largest absolute Gasteiger partial charge is 0.496 e. The summed E-state index contributed by atoms with van der Waals surface area (Å²) in [6.45, 7) is 5.02. The van der Waals surface area contributed by atoms with Crippen LogP contribution in [-0.2, 0) is 6.54 Å². The first-order valence-electron chi connectivity index (χ1n) is 6.31. The smallest absolute Gasteiger partial charge is 0.153 e. The van der Waals surface area contributed by atoms with Crippen LogP contribution in [0.15, 0.2) is 30.5 Å². The van der Waals surface area contributed by atoms with Crippen LogP contribution in [0.1, 0.15) is 24.2 Å². The minimum atomic E-state index is 0.477. The maximum Gasteiger partial charge on any atom is 0.153 e. The average Bonchev–Trinajstić information content (AvgIpc) is 2.80. The van der Waals surface area contributed by atoms with Crippen LogP contribution in [0.25, 0.3) is 11.3 Å². The first-order chi connectivity index (χ1) is 9.15. The summed E-state index contributed by atoms with van der Waals surface area (Å²) >= 11 is 0. The number of carbonyl (C=O) groups is 1. The van der Waals surface area contributed by atoms with E-state index in [1.807, 2.05) is 28.9 Å². The van der Waals surface area contributed by atoms with Crippen molar-refractivity contribution in [1.29, 1.82) is 0 Å². The van der Waals surface area contributed by atoms with Gasteiger partial charge in [0, 0.05) is 18.3 Å². The Morgan fingerprint density at radius 3 is 2.74 bits per heavy atom. The van der Waals surface area contributed by atoms with Crippen molar-refractivity contribution < 1.29 is 9.53 Å². The Kier molecular flexibility index (Phi) is 4.00. The molecule has 0 aliphatic rings. The van der Waals surface area contributed by atoms with Crippen LogP contribution in [0.5, 0.6) is 5.75 Å². The van der Waals surface area contributed by atoms with E-state index in [9.17, 15) is 4.79 Å². The van der Waals surface area contributed by atoms with Gasteiger partial charge in [0.2, 0.25) is 0 Å². The van der Waals surface area contributed by atoms with E-state index in [1.54, 1.807) is 13.3 Å². The summed E-state index contributed by atoms with van der Waals surface area (Å²) < 4.78 is 7.14. The molecule has 0 N–H and O–H groups in total. The molecule has 4 nitrogen and oxygen atoms in total. The van der Waals surface area contributed by atoms with Gasteiger partial charge >= 0.3 is 0 Å². The van der Waals surface area contributed by atoms with Gasteiger partial charge in [-0.05, 0) is 18.1 Å². The van der Waals surface area contributed by atoms with Crippen LogP contribution in [-0.4, -0.2) is 23.2 Å². The molecule has 0 amide bonds. The quantitative estimate of drug-likeness (QED) is 0.774. The molecule has 0 atom stereocenters. The van der Waals surface area contributed by atoms with Crippen molar-refractivity contribution in [2.45, 2.75) is 20.4 Å². The zero-order valence-corrected chi connectivity index (χ0v) is 11.5. The normalized spacial score (nSPS) is 10.7. The predicted octanol–water partition coefficient (Wildman–Crippen LogP) is 3.03. The van der Waals surface area contributed by atoms with E-state index in [-0.39, 0.29) is 0 Å².